The predicted octanol–water partition coefficient (Wildman–Crippen LogP) is 2.60. The molecule has 112 valence electrons. The van der Waals surface area contributed by atoms with Crippen LogP contribution in [0, 0.1) is 5.92 Å². The Kier molecular flexibility index (Phi) is 6.30. The van der Waals surface area contributed by atoms with Crippen LogP contribution in [0.3, 0.4) is 0 Å². The van der Waals surface area contributed by atoms with Crippen molar-refractivity contribution in [3.63, 3.8) is 0 Å². The topological polar surface area (TPSA) is 32.7 Å². The standard InChI is InChI=1S/C16H24ClNO2/c1-2-20-12-14-11-18(9-7-16(14)19)8-6-13-4-3-5-15(17)10-13/h3-5,10,14,16,19H,2,6-9,11-12H2,1H3. The van der Waals surface area contributed by atoms with Crippen molar-refractivity contribution >= 4 is 11.6 Å². The smallest absolute Gasteiger partial charge is 0.0614 e. The number of likely N-dealkylation sites (tertiary alicyclic amines) is 1. The van der Waals surface area contributed by atoms with Crippen molar-refractivity contribution in [3.8, 4) is 0 Å². The van der Waals surface area contributed by atoms with Crippen molar-refractivity contribution in [2.75, 3.05) is 32.8 Å². The minimum Gasteiger partial charge on any atom is -0.393 e. The molecule has 1 heterocycles. The molecule has 1 aromatic rings. The number of hydrogen-bond acceptors (Lipinski definition) is 3. The van der Waals surface area contributed by atoms with Crippen LogP contribution in [-0.4, -0.2) is 49.0 Å². The van der Waals surface area contributed by atoms with E-state index >= 15 is 0 Å². The average molecular weight is 298 g/mol. The van der Waals surface area contributed by atoms with Crippen molar-refractivity contribution in [1.82, 2.24) is 4.90 Å². The van der Waals surface area contributed by atoms with E-state index in [1.54, 1.807) is 0 Å². The number of aliphatic hydroxyl groups excluding tert-OH is 1. The summed E-state index contributed by atoms with van der Waals surface area (Å²) in [5.74, 6) is 0.239. The van der Waals surface area contributed by atoms with Crippen molar-refractivity contribution in [1.29, 1.82) is 0 Å². The second-order valence-electron chi connectivity index (χ2n) is 5.46. The molecule has 1 aliphatic rings. The summed E-state index contributed by atoms with van der Waals surface area (Å²) in [6.07, 6.45) is 1.62. The molecule has 2 rings (SSSR count). The van der Waals surface area contributed by atoms with Gasteiger partial charge in [0, 0.05) is 37.2 Å². The van der Waals surface area contributed by atoms with Gasteiger partial charge in [-0.25, -0.2) is 0 Å². The van der Waals surface area contributed by atoms with Gasteiger partial charge in [0.15, 0.2) is 0 Å². The quantitative estimate of drug-likeness (QED) is 0.876. The molecule has 0 saturated carbocycles. The Morgan fingerprint density at radius 1 is 1.45 bits per heavy atom. The molecule has 2 atom stereocenters. The highest BCUT2D eigenvalue weighted by Gasteiger charge is 2.27. The molecule has 0 radical (unpaired) electrons. The highest BCUT2D eigenvalue weighted by Crippen LogP contribution is 2.18. The van der Waals surface area contributed by atoms with Crippen LogP contribution in [0.5, 0.6) is 0 Å². The predicted molar refractivity (Wildman–Crippen MR) is 82.2 cm³/mol. The Bertz CT molecular complexity index is 413. The molecule has 4 heteroatoms. The SMILES string of the molecule is CCOCC1CN(CCc2cccc(Cl)c2)CCC1O. The van der Waals surface area contributed by atoms with Gasteiger partial charge in [0.25, 0.3) is 0 Å². The summed E-state index contributed by atoms with van der Waals surface area (Å²) in [6.45, 7) is 6.25. The van der Waals surface area contributed by atoms with Crippen molar-refractivity contribution in [3.05, 3.63) is 34.9 Å². The summed E-state index contributed by atoms with van der Waals surface area (Å²) in [5, 5.41) is 10.8. The van der Waals surface area contributed by atoms with Gasteiger partial charge < -0.3 is 14.7 Å². The molecule has 0 amide bonds. The lowest BCUT2D eigenvalue weighted by Crippen LogP contribution is -2.45. The van der Waals surface area contributed by atoms with Crippen LogP contribution in [0.25, 0.3) is 0 Å². The lowest BCUT2D eigenvalue weighted by atomic mass is 9.95. The fraction of sp³-hybridized carbons (Fsp3) is 0.625. The maximum absolute atomic E-state index is 10.0. The number of aliphatic hydroxyl groups is 1. The zero-order valence-corrected chi connectivity index (χ0v) is 12.9. The molecule has 0 bridgehead atoms. The van der Waals surface area contributed by atoms with Gasteiger partial charge in [0.1, 0.15) is 0 Å². The third kappa shape index (κ3) is 4.74. The van der Waals surface area contributed by atoms with Gasteiger partial charge in [-0.1, -0.05) is 23.7 Å². The number of hydrogen-bond donors (Lipinski definition) is 1. The fourth-order valence-electron chi connectivity index (χ4n) is 2.71. The fourth-order valence-corrected chi connectivity index (χ4v) is 2.92. The Morgan fingerprint density at radius 2 is 2.30 bits per heavy atom. The first-order valence-electron chi connectivity index (χ1n) is 7.41. The number of halogens is 1. The van der Waals surface area contributed by atoms with E-state index in [0.717, 1.165) is 37.5 Å². The number of ether oxygens (including phenoxy) is 1. The molecule has 0 aliphatic carbocycles. The summed E-state index contributed by atoms with van der Waals surface area (Å²) >= 11 is 6.00. The first-order valence-corrected chi connectivity index (χ1v) is 7.79. The second-order valence-corrected chi connectivity index (χ2v) is 5.89. The maximum Gasteiger partial charge on any atom is 0.0614 e. The number of nitrogens with zero attached hydrogens (tertiary/aromatic N) is 1. The zero-order valence-electron chi connectivity index (χ0n) is 12.1. The third-order valence-electron chi connectivity index (χ3n) is 3.92. The lowest BCUT2D eigenvalue weighted by molar-refractivity contribution is -0.0186. The van der Waals surface area contributed by atoms with E-state index < -0.39 is 0 Å². The van der Waals surface area contributed by atoms with Crippen LogP contribution in [0.4, 0.5) is 0 Å². The van der Waals surface area contributed by atoms with E-state index in [2.05, 4.69) is 11.0 Å². The molecule has 20 heavy (non-hydrogen) atoms. The average Bonchev–Trinajstić information content (AvgIpc) is 2.45. The first kappa shape index (κ1) is 15.8. The minimum absolute atomic E-state index is 0.219. The molecular formula is C16H24ClNO2. The Morgan fingerprint density at radius 3 is 3.05 bits per heavy atom. The Labute approximate surface area is 126 Å². The van der Waals surface area contributed by atoms with Gasteiger partial charge in [-0.3, -0.25) is 0 Å². The summed E-state index contributed by atoms with van der Waals surface area (Å²) in [5.41, 5.74) is 1.27. The van der Waals surface area contributed by atoms with Crippen LogP contribution in [0.1, 0.15) is 18.9 Å². The molecule has 1 fully saturated rings. The van der Waals surface area contributed by atoms with Crippen molar-refractivity contribution in [2.24, 2.45) is 5.92 Å². The highest BCUT2D eigenvalue weighted by molar-refractivity contribution is 6.30. The summed E-state index contributed by atoms with van der Waals surface area (Å²) in [4.78, 5) is 2.41. The number of benzene rings is 1. The second kappa shape index (κ2) is 7.99. The molecule has 3 nitrogen and oxygen atoms in total. The van der Waals surface area contributed by atoms with Gasteiger partial charge in [0.2, 0.25) is 0 Å². The molecular weight excluding hydrogens is 274 g/mol. The van der Waals surface area contributed by atoms with E-state index in [9.17, 15) is 5.11 Å². The normalized spacial score (nSPS) is 23.9. The largest absolute Gasteiger partial charge is 0.393 e. The molecule has 1 aromatic carbocycles. The monoisotopic (exact) mass is 297 g/mol. The van der Waals surface area contributed by atoms with Crippen LogP contribution in [-0.2, 0) is 11.2 Å². The maximum atomic E-state index is 10.0. The molecule has 2 unspecified atom stereocenters. The number of rotatable bonds is 6. The third-order valence-corrected chi connectivity index (χ3v) is 4.15. The molecule has 1 aliphatic heterocycles. The van der Waals surface area contributed by atoms with Crippen LogP contribution in [0.15, 0.2) is 24.3 Å². The van der Waals surface area contributed by atoms with E-state index in [4.69, 9.17) is 16.3 Å². The molecule has 1 saturated heterocycles. The summed E-state index contributed by atoms with van der Waals surface area (Å²) in [6, 6.07) is 8.04. The molecule has 0 spiro atoms. The van der Waals surface area contributed by atoms with Gasteiger partial charge in [0.05, 0.1) is 12.7 Å². The van der Waals surface area contributed by atoms with E-state index in [1.807, 2.05) is 25.1 Å². The van der Waals surface area contributed by atoms with Crippen LogP contribution in [0.2, 0.25) is 5.02 Å². The molecule has 0 aromatic heterocycles. The zero-order chi connectivity index (χ0) is 14.4. The van der Waals surface area contributed by atoms with E-state index in [1.165, 1.54) is 5.56 Å². The van der Waals surface area contributed by atoms with Gasteiger partial charge in [-0.2, -0.15) is 0 Å². The van der Waals surface area contributed by atoms with Gasteiger partial charge in [-0.15, -0.1) is 0 Å². The van der Waals surface area contributed by atoms with Gasteiger partial charge >= 0.3 is 0 Å². The summed E-state index contributed by atoms with van der Waals surface area (Å²) in [7, 11) is 0. The highest BCUT2D eigenvalue weighted by atomic mass is 35.5. The minimum atomic E-state index is -0.219. The van der Waals surface area contributed by atoms with E-state index in [-0.39, 0.29) is 12.0 Å². The summed E-state index contributed by atoms with van der Waals surface area (Å²) < 4.78 is 5.47. The first-order chi connectivity index (χ1) is 9.69. The van der Waals surface area contributed by atoms with Crippen LogP contribution < -0.4 is 0 Å². The molecule has 1 N–H and O–H groups in total. The number of piperidine rings is 1. The Hall–Kier alpha value is -0.610. The lowest BCUT2D eigenvalue weighted by Gasteiger charge is -2.36. The van der Waals surface area contributed by atoms with Crippen molar-refractivity contribution < 1.29 is 9.84 Å². The van der Waals surface area contributed by atoms with Crippen LogP contribution >= 0.6 is 11.6 Å². The van der Waals surface area contributed by atoms with Crippen molar-refractivity contribution in [2.45, 2.75) is 25.9 Å². The van der Waals surface area contributed by atoms with Gasteiger partial charge in [-0.05, 0) is 37.5 Å². The Balaban J connectivity index is 1.81. The van der Waals surface area contributed by atoms with E-state index in [0.29, 0.717) is 13.2 Å².